The minimum absolute atomic E-state index is 0.0771. The van der Waals surface area contributed by atoms with Gasteiger partial charge in [-0.1, -0.05) is 12.5 Å². The van der Waals surface area contributed by atoms with Crippen molar-refractivity contribution in [1.82, 2.24) is 24.8 Å². The molecule has 6 nitrogen and oxygen atoms in total. The summed E-state index contributed by atoms with van der Waals surface area (Å²) in [5.41, 5.74) is 3.19. The van der Waals surface area contributed by atoms with Crippen LogP contribution in [0.3, 0.4) is 0 Å². The van der Waals surface area contributed by atoms with Gasteiger partial charge in [0.1, 0.15) is 0 Å². The minimum atomic E-state index is -0.0771. The number of carbonyl (C=O) groups excluding carboxylic acids is 1. The Morgan fingerprint density at radius 2 is 2.25 bits per heavy atom. The number of thiophene rings is 1. The number of hydrogen-bond acceptors (Lipinski definition) is 5. The molecule has 0 aromatic carbocycles. The van der Waals surface area contributed by atoms with Gasteiger partial charge in [-0.05, 0) is 51.1 Å². The second kappa shape index (κ2) is 8.41. The van der Waals surface area contributed by atoms with Gasteiger partial charge in [0.2, 0.25) is 0 Å². The molecule has 4 heterocycles. The number of hydrogen-bond donors (Lipinski definition) is 1. The predicted octanol–water partition coefficient (Wildman–Crippen LogP) is 3.76. The van der Waals surface area contributed by atoms with E-state index >= 15 is 0 Å². The number of aromatic nitrogens is 3. The van der Waals surface area contributed by atoms with Gasteiger partial charge in [0.05, 0.1) is 23.0 Å². The maximum absolute atomic E-state index is 12.7. The lowest BCUT2D eigenvalue weighted by atomic mass is 10.0. The van der Waals surface area contributed by atoms with Crippen LogP contribution in [0.4, 0.5) is 0 Å². The Bertz CT molecular complexity index is 949. The van der Waals surface area contributed by atoms with Gasteiger partial charge < -0.3 is 10.2 Å². The molecular weight excluding hydrogens is 370 g/mol. The summed E-state index contributed by atoms with van der Waals surface area (Å²) in [6.45, 7) is 7.13. The second-order valence-corrected chi connectivity index (χ2v) is 8.47. The molecule has 7 heteroatoms. The van der Waals surface area contributed by atoms with Gasteiger partial charge in [-0.25, -0.2) is 9.50 Å². The molecule has 1 saturated heterocycles. The molecule has 1 aliphatic rings. The first-order valence-electron chi connectivity index (χ1n) is 10.0. The summed E-state index contributed by atoms with van der Waals surface area (Å²) in [6.07, 6.45) is 8.38. The zero-order chi connectivity index (χ0) is 19.5. The lowest BCUT2D eigenvalue weighted by molar-refractivity contribution is 0.0947. The molecular formula is C21H27N5OS. The molecule has 4 rings (SSSR count). The first-order chi connectivity index (χ1) is 13.6. The van der Waals surface area contributed by atoms with E-state index in [9.17, 15) is 4.79 Å². The van der Waals surface area contributed by atoms with E-state index in [2.05, 4.69) is 33.3 Å². The van der Waals surface area contributed by atoms with Gasteiger partial charge in [-0.3, -0.25) is 4.79 Å². The maximum Gasteiger partial charge on any atom is 0.254 e. The zero-order valence-electron chi connectivity index (χ0n) is 16.5. The van der Waals surface area contributed by atoms with E-state index in [0.717, 1.165) is 34.7 Å². The maximum atomic E-state index is 12.7. The number of amides is 1. The van der Waals surface area contributed by atoms with Crippen molar-refractivity contribution < 1.29 is 4.79 Å². The zero-order valence-corrected chi connectivity index (χ0v) is 17.3. The number of piperidine rings is 1. The van der Waals surface area contributed by atoms with E-state index < -0.39 is 0 Å². The fourth-order valence-corrected chi connectivity index (χ4v) is 4.67. The van der Waals surface area contributed by atoms with Gasteiger partial charge in [-0.2, -0.15) is 5.10 Å². The molecule has 28 heavy (non-hydrogen) atoms. The van der Waals surface area contributed by atoms with E-state index in [-0.39, 0.29) is 5.91 Å². The molecule has 1 N–H and O–H groups in total. The first-order valence-corrected chi connectivity index (χ1v) is 10.9. The van der Waals surface area contributed by atoms with Gasteiger partial charge in [-0.15, -0.1) is 11.3 Å². The number of nitrogens with zero attached hydrogens (tertiary/aromatic N) is 4. The molecule has 0 radical (unpaired) electrons. The third-order valence-corrected chi connectivity index (χ3v) is 6.55. The van der Waals surface area contributed by atoms with Crippen LogP contribution in [0.5, 0.6) is 0 Å². The number of rotatable bonds is 6. The first kappa shape index (κ1) is 19.1. The van der Waals surface area contributed by atoms with Gasteiger partial charge in [0.25, 0.3) is 5.91 Å². The topological polar surface area (TPSA) is 62.5 Å². The molecule has 1 amide bonds. The van der Waals surface area contributed by atoms with Crippen molar-refractivity contribution in [3.05, 3.63) is 41.2 Å². The summed E-state index contributed by atoms with van der Waals surface area (Å²) in [5, 5.41) is 9.55. The molecule has 148 valence electrons. The highest BCUT2D eigenvalue weighted by Gasteiger charge is 2.18. The fourth-order valence-electron chi connectivity index (χ4n) is 3.94. The van der Waals surface area contributed by atoms with Crippen LogP contribution in [0.1, 0.15) is 48.7 Å². The number of aryl methyl sites for hydroxylation is 1. The number of nitrogens with one attached hydrogen (secondary N) is 1. The van der Waals surface area contributed by atoms with E-state index in [0.29, 0.717) is 18.2 Å². The Kier molecular flexibility index (Phi) is 5.73. The summed E-state index contributed by atoms with van der Waals surface area (Å²) >= 11 is 1.66. The van der Waals surface area contributed by atoms with Gasteiger partial charge in [0, 0.05) is 30.2 Å². The molecule has 0 spiro atoms. The van der Waals surface area contributed by atoms with Crippen molar-refractivity contribution in [1.29, 1.82) is 0 Å². The quantitative estimate of drug-likeness (QED) is 0.643. The van der Waals surface area contributed by atoms with E-state index in [1.165, 1.54) is 25.8 Å². The molecule has 3 aromatic heterocycles. The van der Waals surface area contributed by atoms with Crippen molar-refractivity contribution >= 4 is 22.9 Å². The van der Waals surface area contributed by atoms with Crippen LogP contribution in [0.15, 0.2) is 29.9 Å². The van der Waals surface area contributed by atoms with E-state index in [4.69, 9.17) is 0 Å². The highest BCUT2D eigenvalue weighted by Crippen LogP contribution is 2.28. The van der Waals surface area contributed by atoms with Gasteiger partial charge in [0.15, 0.2) is 5.65 Å². The molecule has 1 fully saturated rings. The normalized spacial score (nSPS) is 17.9. The molecule has 0 saturated carbocycles. The van der Waals surface area contributed by atoms with Gasteiger partial charge >= 0.3 is 0 Å². The van der Waals surface area contributed by atoms with Crippen molar-refractivity contribution in [2.24, 2.45) is 0 Å². The largest absolute Gasteiger partial charge is 0.352 e. The van der Waals surface area contributed by atoms with Crippen molar-refractivity contribution in [2.75, 3.05) is 19.6 Å². The molecule has 1 unspecified atom stereocenters. The van der Waals surface area contributed by atoms with Crippen LogP contribution in [0.2, 0.25) is 0 Å². The standard InChI is InChI=1S/C21H27N5OS/c1-15-7-3-4-10-25(15)11-6-9-22-21(27)17-13-23-20-18(19-8-5-12-28-19)14-24-26(20)16(17)2/h5,8,12-15H,3-4,6-7,9-11H2,1-2H3,(H,22,27). The van der Waals surface area contributed by atoms with Crippen LogP contribution in [-0.2, 0) is 0 Å². The highest BCUT2D eigenvalue weighted by atomic mass is 32.1. The molecule has 0 aliphatic carbocycles. The van der Waals surface area contributed by atoms with Crippen molar-refractivity contribution in [3.8, 4) is 10.4 Å². The SMILES string of the molecule is Cc1c(C(=O)NCCCN2CCCCC2C)cnc2c(-c3cccs3)cnn12. The van der Waals surface area contributed by atoms with Crippen LogP contribution in [0, 0.1) is 6.92 Å². The summed E-state index contributed by atoms with van der Waals surface area (Å²) in [6, 6.07) is 4.74. The average Bonchev–Trinajstić information content (AvgIpc) is 3.36. The van der Waals surface area contributed by atoms with Crippen LogP contribution in [-0.4, -0.2) is 51.1 Å². The molecule has 1 aliphatic heterocycles. The van der Waals surface area contributed by atoms with Crippen LogP contribution in [0.25, 0.3) is 16.1 Å². The Labute approximate surface area is 169 Å². The minimum Gasteiger partial charge on any atom is -0.352 e. The third-order valence-electron chi connectivity index (χ3n) is 5.65. The van der Waals surface area contributed by atoms with E-state index in [1.54, 1.807) is 22.0 Å². The van der Waals surface area contributed by atoms with E-state index in [1.807, 2.05) is 24.6 Å². The molecule has 1 atom stereocenters. The van der Waals surface area contributed by atoms with Crippen LogP contribution < -0.4 is 5.32 Å². The average molecular weight is 398 g/mol. The monoisotopic (exact) mass is 397 g/mol. The third kappa shape index (κ3) is 3.82. The Morgan fingerprint density at radius 1 is 1.36 bits per heavy atom. The number of carbonyl (C=O) groups is 1. The predicted molar refractivity (Wildman–Crippen MR) is 113 cm³/mol. The lowest BCUT2D eigenvalue weighted by Crippen LogP contribution is -2.39. The summed E-state index contributed by atoms with van der Waals surface area (Å²) in [5.74, 6) is -0.0771. The number of likely N-dealkylation sites (tertiary alicyclic amines) is 1. The summed E-state index contributed by atoms with van der Waals surface area (Å²) in [4.78, 5) is 20.8. The smallest absolute Gasteiger partial charge is 0.254 e. The molecule has 0 bridgehead atoms. The fraction of sp³-hybridized carbons (Fsp3) is 0.476. The Hall–Kier alpha value is -2.25. The highest BCUT2D eigenvalue weighted by molar-refractivity contribution is 7.13. The van der Waals surface area contributed by atoms with Crippen molar-refractivity contribution in [2.45, 2.75) is 45.6 Å². The molecule has 3 aromatic rings. The number of fused-ring (bicyclic) bond motifs is 1. The summed E-state index contributed by atoms with van der Waals surface area (Å²) in [7, 11) is 0. The van der Waals surface area contributed by atoms with Crippen molar-refractivity contribution in [3.63, 3.8) is 0 Å². The lowest BCUT2D eigenvalue weighted by Gasteiger charge is -2.33. The second-order valence-electron chi connectivity index (χ2n) is 7.52. The Morgan fingerprint density at radius 3 is 3.04 bits per heavy atom. The summed E-state index contributed by atoms with van der Waals surface area (Å²) < 4.78 is 1.76. The Balaban J connectivity index is 1.39. The van der Waals surface area contributed by atoms with Crippen LogP contribution >= 0.6 is 11.3 Å².